The number of hydrogen-bond donors (Lipinski definition) is 0. The van der Waals surface area contributed by atoms with E-state index in [0.717, 1.165) is 56.4 Å². The molecule has 0 aliphatic carbocycles. The zero-order valence-corrected chi connectivity index (χ0v) is 30.8. The van der Waals surface area contributed by atoms with Crippen molar-refractivity contribution in [1.82, 2.24) is 0 Å². The van der Waals surface area contributed by atoms with Gasteiger partial charge in [0.25, 0.3) is 0 Å². The molecule has 4 nitrogen and oxygen atoms in total. The van der Waals surface area contributed by atoms with Crippen LogP contribution >= 0.6 is 0 Å². The molecular formula is C50H38N4. The highest BCUT2D eigenvalue weighted by atomic mass is 15.2. The predicted octanol–water partition coefficient (Wildman–Crippen LogP) is 13.0. The lowest BCUT2D eigenvalue weighted by Gasteiger charge is -2.44. The number of nitrogens with zero attached hydrogens (tertiary/aromatic N) is 4. The maximum absolute atomic E-state index is 9.75. The van der Waals surface area contributed by atoms with E-state index >= 15 is 0 Å². The van der Waals surface area contributed by atoms with Gasteiger partial charge in [-0.3, -0.25) is 0 Å². The minimum Gasteiger partial charge on any atom is -0.309 e. The molecule has 0 saturated heterocycles. The summed E-state index contributed by atoms with van der Waals surface area (Å²) in [5.74, 6) is 0. The number of rotatable bonds is 4. The van der Waals surface area contributed by atoms with Gasteiger partial charge in [-0.1, -0.05) is 125 Å². The smallest absolute Gasteiger partial charge is 0.0991 e. The van der Waals surface area contributed by atoms with Gasteiger partial charge in [-0.2, -0.15) is 10.5 Å². The molecule has 0 fully saturated rings. The fraction of sp³-hybridized carbons (Fsp3) is 0.120. The quantitative estimate of drug-likeness (QED) is 0.184. The van der Waals surface area contributed by atoms with Gasteiger partial charge in [-0.25, -0.2) is 0 Å². The fourth-order valence-electron chi connectivity index (χ4n) is 8.72. The van der Waals surface area contributed by atoms with Crippen molar-refractivity contribution >= 4 is 34.1 Å². The lowest BCUT2D eigenvalue weighted by atomic mass is 9.73. The maximum atomic E-state index is 9.75. The molecule has 0 bridgehead atoms. The average Bonchev–Trinajstić information content (AvgIpc) is 3.21. The summed E-state index contributed by atoms with van der Waals surface area (Å²) in [6.45, 7) is 9.25. The largest absolute Gasteiger partial charge is 0.309 e. The summed E-state index contributed by atoms with van der Waals surface area (Å²) in [6, 6.07) is 60.1. The third-order valence-electron chi connectivity index (χ3n) is 11.5. The van der Waals surface area contributed by atoms with E-state index in [1.165, 1.54) is 22.3 Å². The molecule has 0 unspecified atom stereocenters. The highest BCUT2D eigenvalue weighted by Crippen LogP contribution is 2.58. The zero-order valence-electron chi connectivity index (χ0n) is 30.8. The summed E-state index contributed by atoms with van der Waals surface area (Å²) in [5, 5.41) is 19.5. The monoisotopic (exact) mass is 694 g/mol. The van der Waals surface area contributed by atoms with Crippen LogP contribution in [0.3, 0.4) is 0 Å². The summed E-state index contributed by atoms with van der Waals surface area (Å²) in [5.41, 5.74) is 16.5. The fourth-order valence-corrected chi connectivity index (χ4v) is 8.72. The van der Waals surface area contributed by atoms with E-state index in [9.17, 15) is 10.5 Å². The Morgan fingerprint density at radius 1 is 0.370 bits per heavy atom. The van der Waals surface area contributed by atoms with Gasteiger partial charge in [0.1, 0.15) is 0 Å². The second-order valence-electron chi connectivity index (χ2n) is 15.3. The van der Waals surface area contributed by atoms with Gasteiger partial charge in [-0.15, -0.1) is 0 Å². The van der Waals surface area contributed by atoms with Crippen LogP contribution in [0, 0.1) is 22.7 Å². The van der Waals surface area contributed by atoms with E-state index in [0.29, 0.717) is 11.1 Å². The molecule has 2 aliphatic rings. The van der Waals surface area contributed by atoms with Crippen LogP contribution in [0.4, 0.5) is 34.1 Å². The topological polar surface area (TPSA) is 54.1 Å². The summed E-state index contributed by atoms with van der Waals surface area (Å²) >= 11 is 0. The summed E-state index contributed by atoms with van der Waals surface area (Å²) in [4.78, 5) is 4.86. The van der Waals surface area contributed by atoms with Crippen LogP contribution in [-0.2, 0) is 10.8 Å². The van der Waals surface area contributed by atoms with Crippen LogP contribution in [0.2, 0.25) is 0 Å². The Morgan fingerprint density at radius 2 is 0.667 bits per heavy atom. The van der Waals surface area contributed by atoms with Gasteiger partial charge in [0.15, 0.2) is 0 Å². The highest BCUT2D eigenvalue weighted by molar-refractivity contribution is 6.01. The van der Waals surface area contributed by atoms with Crippen molar-refractivity contribution in [2.24, 2.45) is 0 Å². The number of hydrogen-bond acceptors (Lipinski definition) is 4. The first-order valence-electron chi connectivity index (χ1n) is 18.4. The minimum absolute atomic E-state index is 0.222. The molecule has 7 aromatic carbocycles. The molecule has 0 radical (unpaired) electrons. The molecule has 258 valence electrons. The van der Waals surface area contributed by atoms with Crippen LogP contribution in [0.1, 0.15) is 61.1 Å². The van der Waals surface area contributed by atoms with Gasteiger partial charge in [0.05, 0.1) is 57.4 Å². The predicted molar refractivity (Wildman–Crippen MR) is 220 cm³/mol. The van der Waals surface area contributed by atoms with Crippen LogP contribution < -0.4 is 9.80 Å². The molecule has 7 aromatic rings. The van der Waals surface area contributed by atoms with Gasteiger partial charge >= 0.3 is 0 Å². The Morgan fingerprint density at radius 3 is 0.963 bits per heavy atom. The van der Waals surface area contributed by atoms with Crippen LogP contribution in [-0.4, -0.2) is 0 Å². The second kappa shape index (κ2) is 12.4. The van der Waals surface area contributed by atoms with E-state index in [1.807, 2.05) is 24.3 Å². The molecule has 2 heterocycles. The molecule has 4 heteroatoms. The lowest BCUT2D eigenvalue weighted by Crippen LogP contribution is -2.32. The number of anilines is 6. The lowest BCUT2D eigenvalue weighted by molar-refractivity contribution is 0.631. The van der Waals surface area contributed by atoms with Gasteiger partial charge in [-0.05, 0) is 94.0 Å². The Hall–Kier alpha value is -6.88. The van der Waals surface area contributed by atoms with Crippen molar-refractivity contribution in [1.29, 1.82) is 10.5 Å². The molecule has 54 heavy (non-hydrogen) atoms. The van der Waals surface area contributed by atoms with Gasteiger partial charge in [0, 0.05) is 22.0 Å². The van der Waals surface area contributed by atoms with E-state index in [-0.39, 0.29) is 10.8 Å². The Kier molecular flexibility index (Phi) is 7.56. The highest BCUT2D eigenvalue weighted by Gasteiger charge is 2.40. The second-order valence-corrected chi connectivity index (χ2v) is 15.3. The molecular weight excluding hydrogens is 657 g/mol. The summed E-state index contributed by atoms with van der Waals surface area (Å²) in [6.07, 6.45) is 0. The molecule has 2 aliphatic heterocycles. The average molecular weight is 695 g/mol. The third kappa shape index (κ3) is 4.96. The van der Waals surface area contributed by atoms with E-state index in [4.69, 9.17) is 0 Å². The number of benzene rings is 7. The first-order valence-corrected chi connectivity index (χ1v) is 18.4. The normalized spacial score (nSPS) is 14.5. The van der Waals surface area contributed by atoms with Crippen molar-refractivity contribution in [2.45, 2.75) is 38.5 Å². The molecule has 0 amide bonds. The third-order valence-corrected chi connectivity index (χ3v) is 11.5. The molecule has 0 atom stereocenters. The van der Waals surface area contributed by atoms with E-state index in [1.54, 1.807) is 0 Å². The zero-order chi connectivity index (χ0) is 37.2. The van der Waals surface area contributed by atoms with Gasteiger partial charge < -0.3 is 9.80 Å². The first-order chi connectivity index (χ1) is 26.2. The van der Waals surface area contributed by atoms with Gasteiger partial charge in [0.2, 0.25) is 0 Å². The molecule has 0 saturated carbocycles. The Balaban J connectivity index is 1.43. The molecule has 0 N–H and O–H groups in total. The van der Waals surface area contributed by atoms with Crippen LogP contribution in [0.15, 0.2) is 158 Å². The van der Waals surface area contributed by atoms with Crippen molar-refractivity contribution < 1.29 is 0 Å². The molecule has 0 aromatic heterocycles. The molecule has 0 spiro atoms. The van der Waals surface area contributed by atoms with E-state index in [2.05, 4.69) is 183 Å². The van der Waals surface area contributed by atoms with Crippen LogP contribution in [0.5, 0.6) is 0 Å². The first kappa shape index (κ1) is 33.0. The summed E-state index contributed by atoms with van der Waals surface area (Å²) in [7, 11) is 0. The summed E-state index contributed by atoms with van der Waals surface area (Å²) < 4.78 is 0. The van der Waals surface area contributed by atoms with Crippen molar-refractivity contribution in [3.63, 3.8) is 0 Å². The van der Waals surface area contributed by atoms with Crippen molar-refractivity contribution in [2.75, 3.05) is 9.80 Å². The maximum Gasteiger partial charge on any atom is 0.0991 e. The number of para-hydroxylation sites is 4. The Labute approximate surface area is 317 Å². The Bertz CT molecular complexity index is 2400. The van der Waals surface area contributed by atoms with Crippen molar-refractivity contribution in [3.8, 4) is 34.4 Å². The number of nitriles is 2. The van der Waals surface area contributed by atoms with Crippen LogP contribution in [0.25, 0.3) is 22.3 Å². The SMILES string of the molecule is CC1(C)c2ccccc2N(c2cc(N3c4ccccc4C(C)(C)c4ccccc43)c(-c3ccc(C#N)cc3)cc2-c2ccc(C#N)cc2)c2ccccc21. The van der Waals surface area contributed by atoms with Crippen molar-refractivity contribution in [3.05, 3.63) is 191 Å². The van der Waals surface area contributed by atoms with E-state index < -0.39 is 0 Å². The minimum atomic E-state index is -0.222. The molecule has 9 rings (SSSR count). The standard InChI is InChI=1S/C50H38N4/c1-49(2)39-13-5-9-17-43(39)53(44-18-10-6-14-40(44)49)47-30-48(54-45-19-11-7-15-41(45)50(3,4)42-16-8-12-20-46(42)54)38(36-27-23-34(32-52)24-28-36)29-37(47)35-25-21-33(31-51)22-26-35/h5-30H,1-4H3. The number of fused-ring (bicyclic) bond motifs is 4.